The first-order chi connectivity index (χ1) is 18.5. The monoisotopic (exact) mass is 547 g/mol. The number of fused-ring (bicyclic) bond motifs is 4. The number of amides is 1. The van der Waals surface area contributed by atoms with Crippen LogP contribution in [0.1, 0.15) is 77.4 Å². The Balaban J connectivity index is 1.77. The summed E-state index contributed by atoms with van der Waals surface area (Å²) in [6.07, 6.45) is 2.76. The summed E-state index contributed by atoms with van der Waals surface area (Å²) in [5, 5.41) is 56.4. The molecule has 3 atom stereocenters. The number of aliphatic hydroxyl groups is 3. The lowest BCUT2D eigenvalue weighted by Gasteiger charge is -2.50. The maximum atomic E-state index is 14.2. The molecule has 10 nitrogen and oxygen atoms in total. The van der Waals surface area contributed by atoms with Gasteiger partial charge in [0.2, 0.25) is 17.2 Å². The lowest BCUT2D eigenvalue weighted by atomic mass is 9.53. The Kier molecular flexibility index (Phi) is 4.84. The summed E-state index contributed by atoms with van der Waals surface area (Å²) in [5.41, 5.74) is -2.08. The van der Waals surface area contributed by atoms with E-state index in [1.807, 2.05) is 13.8 Å². The summed E-state index contributed by atoms with van der Waals surface area (Å²) in [6, 6.07) is 1.47. The van der Waals surface area contributed by atoms with E-state index in [-0.39, 0.29) is 34.1 Å². The molecule has 1 amide bonds. The first kappa shape index (κ1) is 26.2. The number of benzene rings is 2. The average Bonchev–Trinajstić information content (AvgIpc) is 3.21. The van der Waals surface area contributed by atoms with Crippen molar-refractivity contribution in [2.75, 3.05) is 0 Å². The van der Waals surface area contributed by atoms with Crippen LogP contribution >= 0.6 is 0 Å². The third-order valence-corrected chi connectivity index (χ3v) is 10.0. The molecule has 2 aromatic carbocycles. The highest BCUT2D eigenvalue weighted by molar-refractivity contribution is 6.39. The highest BCUT2D eigenvalue weighted by atomic mass is 16.4. The number of ketones is 3. The Morgan fingerprint density at radius 1 is 0.925 bits per heavy atom. The number of carbonyl (C=O) groups excluding carboxylic acids is 4. The van der Waals surface area contributed by atoms with Crippen LogP contribution in [0.4, 0.5) is 0 Å². The van der Waals surface area contributed by atoms with Gasteiger partial charge in [0.15, 0.2) is 11.4 Å². The summed E-state index contributed by atoms with van der Waals surface area (Å²) < 4.78 is 0. The summed E-state index contributed by atoms with van der Waals surface area (Å²) >= 11 is 0. The Bertz CT molecular complexity index is 1750. The minimum atomic E-state index is -3.55. The number of primary amides is 1. The SMILES string of the molecule is CC1=CCCC(C)(C)[C@@]12Cc1c3c(c(O)c4c(O)cc(C)c2c14)C(=O)[C@]1(O)C(=O)C(C(N)=O)=C(O)C[C@]1(O)C3=O. The smallest absolute Gasteiger partial charge is 0.255 e. The number of aryl methyl sites for hydroxylation is 1. The Morgan fingerprint density at radius 2 is 1.57 bits per heavy atom. The summed E-state index contributed by atoms with van der Waals surface area (Å²) in [6.45, 7) is 7.97. The van der Waals surface area contributed by atoms with E-state index in [9.17, 15) is 44.7 Å². The highest BCUT2D eigenvalue weighted by Gasteiger charge is 2.72. The molecule has 0 bridgehead atoms. The fourth-order valence-electron chi connectivity index (χ4n) is 8.03. The molecule has 6 rings (SSSR count). The number of phenols is 2. The van der Waals surface area contributed by atoms with Crippen LogP contribution in [0.25, 0.3) is 10.8 Å². The summed E-state index contributed by atoms with van der Waals surface area (Å²) in [7, 11) is 0. The molecule has 0 aliphatic heterocycles. The molecule has 4 aliphatic carbocycles. The molecule has 40 heavy (non-hydrogen) atoms. The van der Waals surface area contributed by atoms with Crippen LogP contribution in [0, 0.1) is 12.3 Å². The largest absolute Gasteiger partial charge is 0.511 e. The van der Waals surface area contributed by atoms with E-state index < -0.39 is 68.9 Å². The standard InChI is InChI=1S/C30H29NO9/c1-11-8-14(32)18-16-13(9-28(21(11)16)12(2)6-5-7-27(28,3)4)17-20(22(18)34)25(37)30(40)24(36)19(26(31)38)15(33)10-29(30,39)23(17)35/h6,8,32-34,39-40H,5,7,9-10H2,1-4H3,(H2,31,38)/t28-,29-,30+/m0/s1. The van der Waals surface area contributed by atoms with Gasteiger partial charge in [0.25, 0.3) is 5.91 Å². The van der Waals surface area contributed by atoms with Crippen molar-refractivity contribution in [3.63, 3.8) is 0 Å². The van der Waals surface area contributed by atoms with Gasteiger partial charge in [0, 0.05) is 17.4 Å². The zero-order valence-corrected chi connectivity index (χ0v) is 22.4. The molecule has 0 aromatic heterocycles. The van der Waals surface area contributed by atoms with Gasteiger partial charge in [-0.05, 0) is 66.7 Å². The van der Waals surface area contributed by atoms with Crippen LogP contribution < -0.4 is 5.73 Å². The molecule has 208 valence electrons. The first-order valence-corrected chi connectivity index (χ1v) is 13.0. The number of phenolic OH excluding ortho intramolecular Hbond substituents is 2. The van der Waals surface area contributed by atoms with Crippen LogP contribution in [0.15, 0.2) is 29.0 Å². The van der Waals surface area contributed by atoms with Crippen molar-refractivity contribution in [3.05, 3.63) is 56.9 Å². The second-order valence-electron chi connectivity index (χ2n) is 12.2. The summed E-state index contributed by atoms with van der Waals surface area (Å²) in [4.78, 5) is 53.4. The molecule has 0 heterocycles. The summed E-state index contributed by atoms with van der Waals surface area (Å²) in [5.74, 6) is -8.25. The molecule has 4 aliphatic rings. The van der Waals surface area contributed by atoms with Gasteiger partial charge in [-0.2, -0.15) is 0 Å². The molecule has 0 saturated heterocycles. The number of aliphatic hydroxyl groups excluding tert-OH is 1. The number of aromatic hydroxyl groups is 2. The zero-order valence-electron chi connectivity index (χ0n) is 22.4. The Hall–Kier alpha value is -4.02. The topological polar surface area (TPSA) is 195 Å². The quantitative estimate of drug-likeness (QED) is 0.176. The molecule has 0 radical (unpaired) electrons. The van der Waals surface area contributed by atoms with Gasteiger partial charge in [0.05, 0.1) is 10.9 Å². The lowest BCUT2D eigenvalue weighted by Crippen LogP contribution is -2.73. The molecular weight excluding hydrogens is 518 g/mol. The normalized spacial score (nSPS) is 30.6. The van der Waals surface area contributed by atoms with Crippen LogP contribution in [0.2, 0.25) is 0 Å². The fraction of sp³-hybridized carbons (Fsp3) is 0.400. The zero-order chi connectivity index (χ0) is 29.5. The maximum absolute atomic E-state index is 14.2. The van der Waals surface area contributed by atoms with E-state index in [1.165, 1.54) is 6.07 Å². The van der Waals surface area contributed by atoms with Crippen molar-refractivity contribution < 1.29 is 44.7 Å². The van der Waals surface area contributed by atoms with E-state index in [0.29, 0.717) is 10.9 Å². The number of hydrogen-bond donors (Lipinski definition) is 6. The minimum absolute atomic E-state index is 0.118. The molecular formula is C30H29NO9. The van der Waals surface area contributed by atoms with Crippen LogP contribution in [-0.4, -0.2) is 60.0 Å². The second kappa shape index (κ2) is 7.38. The number of allylic oxidation sites excluding steroid dienone is 2. The van der Waals surface area contributed by atoms with Gasteiger partial charge in [-0.3, -0.25) is 19.2 Å². The highest BCUT2D eigenvalue weighted by Crippen LogP contribution is 2.64. The van der Waals surface area contributed by atoms with Gasteiger partial charge in [0.1, 0.15) is 22.8 Å². The molecule has 2 aromatic rings. The van der Waals surface area contributed by atoms with Gasteiger partial charge < -0.3 is 31.3 Å². The number of Topliss-reactive ketones (excluding diaryl/α,β-unsaturated/α-hetero) is 3. The van der Waals surface area contributed by atoms with Crippen LogP contribution in [0.3, 0.4) is 0 Å². The van der Waals surface area contributed by atoms with Crippen molar-refractivity contribution in [2.24, 2.45) is 11.1 Å². The van der Waals surface area contributed by atoms with Gasteiger partial charge in [-0.15, -0.1) is 0 Å². The molecule has 10 heteroatoms. The fourth-order valence-corrected chi connectivity index (χ4v) is 8.03. The van der Waals surface area contributed by atoms with Crippen molar-refractivity contribution in [1.82, 2.24) is 0 Å². The Morgan fingerprint density at radius 3 is 2.17 bits per heavy atom. The molecule has 0 unspecified atom stereocenters. The molecule has 1 spiro atoms. The Labute approximate surface area is 228 Å². The van der Waals surface area contributed by atoms with Crippen molar-refractivity contribution >= 4 is 34.0 Å². The number of rotatable bonds is 1. The number of hydrogen-bond acceptors (Lipinski definition) is 9. The molecule has 0 fully saturated rings. The number of nitrogens with two attached hydrogens (primary N) is 1. The van der Waals surface area contributed by atoms with Crippen molar-refractivity contribution in [3.8, 4) is 11.5 Å². The van der Waals surface area contributed by atoms with Gasteiger partial charge in [-0.1, -0.05) is 25.5 Å². The van der Waals surface area contributed by atoms with E-state index >= 15 is 0 Å². The van der Waals surface area contributed by atoms with Crippen LogP contribution in [-0.2, 0) is 21.4 Å². The van der Waals surface area contributed by atoms with Crippen molar-refractivity contribution in [1.29, 1.82) is 0 Å². The number of carbonyl (C=O) groups is 4. The maximum Gasteiger partial charge on any atom is 0.255 e. The van der Waals surface area contributed by atoms with E-state index in [0.717, 1.165) is 24.0 Å². The lowest BCUT2D eigenvalue weighted by molar-refractivity contribution is -0.154. The van der Waals surface area contributed by atoms with E-state index in [4.69, 9.17) is 5.73 Å². The predicted molar refractivity (Wildman–Crippen MR) is 141 cm³/mol. The van der Waals surface area contributed by atoms with Gasteiger partial charge >= 0.3 is 0 Å². The van der Waals surface area contributed by atoms with E-state index in [2.05, 4.69) is 19.9 Å². The molecule has 0 saturated carbocycles. The van der Waals surface area contributed by atoms with Crippen LogP contribution in [0.5, 0.6) is 11.5 Å². The minimum Gasteiger partial charge on any atom is -0.511 e. The first-order valence-electron chi connectivity index (χ1n) is 13.0. The third kappa shape index (κ3) is 2.53. The van der Waals surface area contributed by atoms with Crippen molar-refractivity contribution in [2.45, 2.75) is 70.0 Å². The average molecular weight is 548 g/mol. The third-order valence-electron chi connectivity index (χ3n) is 10.0. The predicted octanol–water partition coefficient (Wildman–Crippen LogP) is 2.23. The van der Waals surface area contributed by atoms with E-state index in [1.54, 1.807) is 0 Å². The second-order valence-corrected chi connectivity index (χ2v) is 12.2. The van der Waals surface area contributed by atoms with Gasteiger partial charge in [-0.25, -0.2) is 0 Å². The molecule has 7 N–H and O–H groups in total.